The first-order chi connectivity index (χ1) is 7.81. The zero-order chi connectivity index (χ0) is 11.4. The van der Waals surface area contributed by atoms with Crippen molar-refractivity contribution < 1.29 is 0 Å². The van der Waals surface area contributed by atoms with E-state index in [9.17, 15) is 0 Å². The fourth-order valence-electron chi connectivity index (χ4n) is 3.43. The molecule has 2 saturated heterocycles. The van der Waals surface area contributed by atoms with Crippen LogP contribution in [0.4, 0.5) is 0 Å². The second-order valence-corrected chi connectivity index (χ2v) is 5.56. The van der Waals surface area contributed by atoms with Gasteiger partial charge < -0.3 is 15.5 Å². The van der Waals surface area contributed by atoms with Gasteiger partial charge in [0.25, 0.3) is 0 Å². The predicted octanol–water partition coefficient (Wildman–Crippen LogP) is 0.916. The number of hydrogen-bond acceptors (Lipinski definition) is 3. The first-order valence-electron chi connectivity index (χ1n) is 6.88. The van der Waals surface area contributed by atoms with E-state index in [-0.39, 0.29) is 0 Å². The molecule has 2 aliphatic heterocycles. The maximum Gasteiger partial charge on any atom is 0.0134 e. The molecule has 94 valence electrons. The molecule has 0 bridgehead atoms. The van der Waals surface area contributed by atoms with E-state index >= 15 is 0 Å². The summed E-state index contributed by atoms with van der Waals surface area (Å²) in [6, 6.07) is 0.737. The minimum atomic E-state index is 0.737. The molecular weight excluding hydrogens is 198 g/mol. The van der Waals surface area contributed by atoms with Crippen molar-refractivity contribution >= 4 is 0 Å². The standard InChI is InChI=1S/C13H27N3/c1-14-13(12-4-3-7-15-10-12)11-5-8-16(2)9-6-11/h11-15H,3-10H2,1-2H3. The van der Waals surface area contributed by atoms with E-state index in [4.69, 9.17) is 0 Å². The Morgan fingerprint density at radius 2 is 1.94 bits per heavy atom. The summed E-state index contributed by atoms with van der Waals surface area (Å²) in [6.07, 6.45) is 5.51. The minimum absolute atomic E-state index is 0.737. The molecule has 2 heterocycles. The predicted molar refractivity (Wildman–Crippen MR) is 68.7 cm³/mol. The Labute approximate surface area is 100.0 Å². The van der Waals surface area contributed by atoms with Gasteiger partial charge in [-0.3, -0.25) is 0 Å². The number of hydrogen-bond donors (Lipinski definition) is 2. The van der Waals surface area contributed by atoms with E-state index < -0.39 is 0 Å². The first-order valence-corrected chi connectivity index (χ1v) is 6.88. The molecule has 0 aromatic rings. The molecule has 0 radical (unpaired) electrons. The first kappa shape index (κ1) is 12.3. The summed E-state index contributed by atoms with van der Waals surface area (Å²) < 4.78 is 0. The van der Waals surface area contributed by atoms with Crippen LogP contribution >= 0.6 is 0 Å². The van der Waals surface area contributed by atoms with Crippen LogP contribution in [0.5, 0.6) is 0 Å². The third kappa shape index (κ3) is 2.96. The van der Waals surface area contributed by atoms with Crippen LogP contribution in [0.2, 0.25) is 0 Å². The maximum atomic E-state index is 3.60. The molecule has 3 heteroatoms. The minimum Gasteiger partial charge on any atom is -0.316 e. The molecule has 2 rings (SSSR count). The number of rotatable bonds is 3. The Kier molecular flexibility index (Phi) is 4.62. The van der Waals surface area contributed by atoms with Crippen LogP contribution in [0, 0.1) is 11.8 Å². The van der Waals surface area contributed by atoms with E-state index in [2.05, 4.69) is 29.6 Å². The highest BCUT2D eigenvalue weighted by Crippen LogP contribution is 2.27. The third-order valence-corrected chi connectivity index (χ3v) is 4.45. The summed E-state index contributed by atoms with van der Waals surface area (Å²) in [6.45, 7) is 5.00. The summed E-state index contributed by atoms with van der Waals surface area (Å²) in [5.41, 5.74) is 0. The van der Waals surface area contributed by atoms with Crippen LogP contribution in [0.1, 0.15) is 25.7 Å². The zero-order valence-corrected chi connectivity index (χ0v) is 10.8. The second-order valence-electron chi connectivity index (χ2n) is 5.56. The molecule has 2 atom stereocenters. The van der Waals surface area contributed by atoms with Gasteiger partial charge in [0.1, 0.15) is 0 Å². The maximum absolute atomic E-state index is 3.60. The molecule has 2 fully saturated rings. The molecule has 0 saturated carbocycles. The Bertz CT molecular complexity index is 193. The van der Waals surface area contributed by atoms with Crippen molar-refractivity contribution in [3.8, 4) is 0 Å². The largest absolute Gasteiger partial charge is 0.316 e. The summed E-state index contributed by atoms with van der Waals surface area (Å²) in [5.74, 6) is 1.75. The van der Waals surface area contributed by atoms with Gasteiger partial charge in [-0.2, -0.15) is 0 Å². The van der Waals surface area contributed by atoms with Gasteiger partial charge in [0, 0.05) is 6.04 Å². The Morgan fingerprint density at radius 3 is 2.50 bits per heavy atom. The number of likely N-dealkylation sites (tertiary alicyclic amines) is 1. The number of nitrogens with one attached hydrogen (secondary N) is 2. The van der Waals surface area contributed by atoms with Gasteiger partial charge in [-0.15, -0.1) is 0 Å². The zero-order valence-electron chi connectivity index (χ0n) is 10.8. The summed E-state index contributed by atoms with van der Waals surface area (Å²) >= 11 is 0. The third-order valence-electron chi connectivity index (χ3n) is 4.45. The molecule has 0 amide bonds. The highest BCUT2D eigenvalue weighted by atomic mass is 15.1. The topological polar surface area (TPSA) is 27.3 Å². The molecule has 3 nitrogen and oxygen atoms in total. The number of piperidine rings is 2. The van der Waals surface area contributed by atoms with Crippen molar-refractivity contribution in [2.45, 2.75) is 31.7 Å². The molecule has 0 aromatic carbocycles. The van der Waals surface area contributed by atoms with Crippen molar-refractivity contribution in [3.05, 3.63) is 0 Å². The van der Waals surface area contributed by atoms with Crippen LogP contribution in [0.15, 0.2) is 0 Å². The summed E-state index contributed by atoms with van der Waals surface area (Å²) in [7, 11) is 4.39. The van der Waals surface area contributed by atoms with Gasteiger partial charge in [-0.1, -0.05) is 0 Å². The average molecular weight is 225 g/mol. The van der Waals surface area contributed by atoms with Crippen molar-refractivity contribution in [3.63, 3.8) is 0 Å². The molecule has 16 heavy (non-hydrogen) atoms. The van der Waals surface area contributed by atoms with Crippen LogP contribution in [0.3, 0.4) is 0 Å². The fraction of sp³-hybridized carbons (Fsp3) is 1.00. The quantitative estimate of drug-likeness (QED) is 0.748. The average Bonchev–Trinajstić information content (AvgIpc) is 2.34. The fourth-order valence-corrected chi connectivity index (χ4v) is 3.43. The molecule has 0 aromatic heterocycles. The van der Waals surface area contributed by atoms with Gasteiger partial charge in [0.2, 0.25) is 0 Å². The van der Waals surface area contributed by atoms with Gasteiger partial charge in [-0.25, -0.2) is 0 Å². The Hall–Kier alpha value is -0.120. The summed E-state index contributed by atoms with van der Waals surface area (Å²) in [4.78, 5) is 2.46. The van der Waals surface area contributed by atoms with Crippen molar-refractivity contribution in [1.29, 1.82) is 0 Å². The van der Waals surface area contributed by atoms with Crippen molar-refractivity contribution in [2.75, 3.05) is 40.3 Å². The van der Waals surface area contributed by atoms with Crippen molar-refractivity contribution in [2.24, 2.45) is 11.8 Å². The lowest BCUT2D eigenvalue weighted by Gasteiger charge is -2.39. The molecular formula is C13H27N3. The van der Waals surface area contributed by atoms with Gasteiger partial charge in [-0.05, 0) is 77.8 Å². The Balaban J connectivity index is 1.88. The highest BCUT2D eigenvalue weighted by molar-refractivity contribution is 4.88. The van der Waals surface area contributed by atoms with Gasteiger partial charge in [0.05, 0.1) is 0 Å². The van der Waals surface area contributed by atoms with E-state index in [0.717, 1.165) is 17.9 Å². The SMILES string of the molecule is CNC(C1CCN(C)CC1)C1CCCNC1. The molecule has 2 N–H and O–H groups in total. The lowest BCUT2D eigenvalue weighted by molar-refractivity contribution is 0.146. The molecule has 2 unspecified atom stereocenters. The van der Waals surface area contributed by atoms with Gasteiger partial charge in [0.15, 0.2) is 0 Å². The van der Waals surface area contributed by atoms with Crippen LogP contribution < -0.4 is 10.6 Å². The van der Waals surface area contributed by atoms with Crippen molar-refractivity contribution in [1.82, 2.24) is 15.5 Å². The molecule has 0 aliphatic carbocycles. The molecule has 0 spiro atoms. The smallest absolute Gasteiger partial charge is 0.0134 e. The summed E-state index contributed by atoms with van der Waals surface area (Å²) in [5, 5.41) is 7.14. The monoisotopic (exact) mass is 225 g/mol. The number of nitrogens with zero attached hydrogens (tertiary/aromatic N) is 1. The normalized spacial score (nSPS) is 31.5. The van der Waals surface area contributed by atoms with Crippen LogP contribution in [0.25, 0.3) is 0 Å². The van der Waals surface area contributed by atoms with E-state index in [1.54, 1.807) is 0 Å². The Morgan fingerprint density at radius 1 is 1.19 bits per heavy atom. The van der Waals surface area contributed by atoms with E-state index in [1.807, 2.05) is 0 Å². The highest BCUT2D eigenvalue weighted by Gasteiger charge is 2.30. The van der Waals surface area contributed by atoms with Gasteiger partial charge >= 0.3 is 0 Å². The lowest BCUT2D eigenvalue weighted by atomic mass is 9.79. The van der Waals surface area contributed by atoms with E-state index in [1.165, 1.54) is 51.9 Å². The lowest BCUT2D eigenvalue weighted by Crippen LogP contribution is -2.49. The molecule has 2 aliphatic rings. The van der Waals surface area contributed by atoms with Crippen LogP contribution in [-0.4, -0.2) is 51.2 Å². The van der Waals surface area contributed by atoms with E-state index in [0.29, 0.717) is 0 Å². The van der Waals surface area contributed by atoms with Crippen LogP contribution in [-0.2, 0) is 0 Å². The second kappa shape index (κ2) is 5.99.